The van der Waals surface area contributed by atoms with Gasteiger partial charge in [0.2, 0.25) is 17.6 Å². The molecule has 5 amide bonds. The Morgan fingerprint density at radius 2 is 1.69 bits per heavy atom. The van der Waals surface area contributed by atoms with E-state index in [9.17, 15) is 24.0 Å². The Morgan fingerprint density at radius 3 is 2.26 bits per heavy atom. The van der Waals surface area contributed by atoms with E-state index < -0.39 is 41.3 Å². The van der Waals surface area contributed by atoms with Crippen molar-refractivity contribution in [2.24, 2.45) is 23.2 Å². The van der Waals surface area contributed by atoms with Crippen molar-refractivity contribution < 1.29 is 24.0 Å². The number of hydrogen-bond acceptors (Lipinski definition) is 5. The Kier molecular flexibility index (Phi) is 10.7. The minimum absolute atomic E-state index is 0.00825. The number of ketones is 1. The largest absolute Gasteiger partial charge is 0.346 e. The lowest BCUT2D eigenvalue weighted by atomic mass is 9.82. The predicted octanol–water partition coefficient (Wildman–Crippen LogP) is 3.18. The number of hydrogen-bond donors (Lipinski definition) is 3. The summed E-state index contributed by atoms with van der Waals surface area (Å²) in [5, 5.41) is 8.29. The fourth-order valence-corrected chi connectivity index (χ4v) is 6.87. The van der Waals surface area contributed by atoms with Crippen LogP contribution in [-0.2, 0) is 19.2 Å². The predicted molar refractivity (Wildman–Crippen MR) is 162 cm³/mol. The van der Waals surface area contributed by atoms with Crippen LogP contribution in [0, 0.1) is 23.2 Å². The molecule has 3 aliphatic rings. The molecule has 3 fully saturated rings. The summed E-state index contributed by atoms with van der Waals surface area (Å²) >= 11 is 0. The molecule has 0 radical (unpaired) electrons. The number of amides is 5. The van der Waals surface area contributed by atoms with Gasteiger partial charge in [-0.15, -0.1) is 13.2 Å². The van der Waals surface area contributed by atoms with Crippen molar-refractivity contribution in [2.75, 3.05) is 20.1 Å². The first-order valence-electron chi connectivity index (χ1n) is 15.3. The molecule has 2 aliphatic carbocycles. The van der Waals surface area contributed by atoms with E-state index in [1.165, 1.54) is 11.0 Å². The third-order valence-electron chi connectivity index (χ3n) is 9.25. The maximum atomic E-state index is 14.4. The summed E-state index contributed by atoms with van der Waals surface area (Å²) in [5.74, 6) is -2.15. The molecule has 5 atom stereocenters. The normalized spacial score (nSPS) is 24.4. The molecule has 3 N–H and O–H groups in total. The molecule has 0 spiro atoms. The van der Waals surface area contributed by atoms with E-state index in [4.69, 9.17) is 0 Å². The molecule has 0 bridgehead atoms. The van der Waals surface area contributed by atoms with Gasteiger partial charge >= 0.3 is 6.03 Å². The van der Waals surface area contributed by atoms with Crippen LogP contribution in [0.5, 0.6) is 0 Å². The van der Waals surface area contributed by atoms with Crippen molar-refractivity contribution in [1.29, 1.82) is 0 Å². The fraction of sp³-hybridized carbons (Fsp3) is 0.719. The number of allylic oxidation sites excluding steroid dienone is 1. The van der Waals surface area contributed by atoms with Gasteiger partial charge in [0.15, 0.2) is 0 Å². The van der Waals surface area contributed by atoms with Crippen LogP contribution >= 0.6 is 0 Å². The fourth-order valence-electron chi connectivity index (χ4n) is 6.87. The summed E-state index contributed by atoms with van der Waals surface area (Å²) in [6.07, 6.45) is 8.51. The Balaban J connectivity index is 1.89. The molecule has 0 aromatic heterocycles. The first kappa shape index (κ1) is 33.3. The molecule has 10 heteroatoms. The maximum Gasteiger partial charge on any atom is 0.318 e. The second-order valence-electron chi connectivity index (χ2n) is 13.8. The van der Waals surface area contributed by atoms with Crippen LogP contribution in [0.2, 0.25) is 0 Å². The zero-order chi connectivity index (χ0) is 31.4. The molecule has 3 rings (SSSR count). The number of piperidine rings is 1. The van der Waals surface area contributed by atoms with E-state index in [0.717, 1.165) is 32.1 Å². The van der Waals surface area contributed by atoms with E-state index >= 15 is 0 Å². The summed E-state index contributed by atoms with van der Waals surface area (Å²) in [7, 11) is 1.67. The number of likely N-dealkylation sites (tertiary alicyclic amines) is 1. The Morgan fingerprint density at radius 1 is 1.05 bits per heavy atom. The molecule has 1 heterocycles. The number of carbonyl (C=O) groups is 5. The van der Waals surface area contributed by atoms with Gasteiger partial charge in [-0.1, -0.05) is 45.3 Å². The minimum atomic E-state index is -1.05. The topological polar surface area (TPSA) is 128 Å². The lowest BCUT2D eigenvalue weighted by molar-refractivity contribution is -0.146. The second-order valence-corrected chi connectivity index (χ2v) is 13.8. The van der Waals surface area contributed by atoms with Crippen LogP contribution in [-0.4, -0.2) is 83.1 Å². The highest BCUT2D eigenvalue weighted by Crippen LogP contribution is 2.65. The van der Waals surface area contributed by atoms with Crippen LogP contribution in [0.3, 0.4) is 0 Å². The van der Waals surface area contributed by atoms with Crippen molar-refractivity contribution in [3.63, 3.8) is 0 Å². The highest BCUT2D eigenvalue weighted by Gasteiger charge is 2.70. The van der Waals surface area contributed by atoms with Gasteiger partial charge in [0.05, 0.1) is 6.04 Å². The van der Waals surface area contributed by atoms with Crippen molar-refractivity contribution >= 4 is 29.5 Å². The molecule has 234 valence electrons. The molecule has 1 unspecified atom stereocenters. The summed E-state index contributed by atoms with van der Waals surface area (Å²) in [6, 6.07) is -2.87. The van der Waals surface area contributed by atoms with Crippen LogP contribution in [0.1, 0.15) is 79.6 Å². The van der Waals surface area contributed by atoms with E-state index in [1.807, 2.05) is 20.8 Å². The molecular weight excluding hydrogens is 534 g/mol. The first-order valence-corrected chi connectivity index (χ1v) is 15.3. The third kappa shape index (κ3) is 7.42. The van der Waals surface area contributed by atoms with Crippen molar-refractivity contribution in [3.05, 3.63) is 25.3 Å². The summed E-state index contributed by atoms with van der Waals surface area (Å²) in [5.41, 5.74) is -0.616. The zero-order valence-corrected chi connectivity index (χ0v) is 26.3. The summed E-state index contributed by atoms with van der Waals surface area (Å²) in [6.45, 7) is 17.7. The molecule has 1 saturated heterocycles. The lowest BCUT2D eigenvalue weighted by Crippen LogP contribution is -2.61. The number of Topliss-reactive ketones (excluding diaryl/α,β-unsaturated/α-hetero) is 1. The second kappa shape index (κ2) is 13.4. The Hall–Kier alpha value is -3.17. The third-order valence-corrected chi connectivity index (χ3v) is 9.25. The van der Waals surface area contributed by atoms with Crippen LogP contribution in [0.25, 0.3) is 0 Å². The van der Waals surface area contributed by atoms with Gasteiger partial charge in [-0.2, -0.15) is 0 Å². The number of carbonyl (C=O) groups excluding carboxylic acids is 5. The van der Waals surface area contributed by atoms with E-state index in [1.54, 1.807) is 18.0 Å². The lowest BCUT2D eigenvalue weighted by Gasteiger charge is -2.41. The molecule has 42 heavy (non-hydrogen) atoms. The Labute approximate surface area is 251 Å². The van der Waals surface area contributed by atoms with Crippen molar-refractivity contribution in [2.45, 2.75) is 103 Å². The van der Waals surface area contributed by atoms with E-state index in [-0.39, 0.29) is 48.1 Å². The van der Waals surface area contributed by atoms with Gasteiger partial charge < -0.3 is 25.8 Å². The molecule has 2 saturated carbocycles. The van der Waals surface area contributed by atoms with Crippen LogP contribution < -0.4 is 16.0 Å². The summed E-state index contributed by atoms with van der Waals surface area (Å²) in [4.78, 5) is 70.3. The first-order chi connectivity index (χ1) is 19.7. The number of nitrogens with one attached hydrogen (secondary N) is 3. The quantitative estimate of drug-likeness (QED) is 0.240. The minimum Gasteiger partial charge on any atom is -0.346 e. The SMILES string of the molecule is C=CCC[C@@H](NC(=O)[C@@H]1[C@@H]2C(CN1C(=O)[C@H](C1CCCCC1)N(C)C(=O)NC(C)(C)C)C2(C)C)C(=O)C(=O)NCC=C. The highest BCUT2D eigenvalue weighted by molar-refractivity contribution is 6.38. The zero-order valence-electron chi connectivity index (χ0n) is 26.3. The number of likely N-dealkylation sites (N-methyl/N-ethyl adjacent to an activating group) is 1. The highest BCUT2D eigenvalue weighted by atomic mass is 16.2. The average molecular weight is 586 g/mol. The molecule has 1 aliphatic heterocycles. The Bertz CT molecular complexity index is 1070. The van der Waals surface area contributed by atoms with Gasteiger partial charge in [-0.05, 0) is 69.6 Å². The van der Waals surface area contributed by atoms with Gasteiger partial charge in [-0.25, -0.2) is 4.79 Å². The van der Waals surface area contributed by atoms with Crippen molar-refractivity contribution in [3.8, 4) is 0 Å². The molecule has 10 nitrogen and oxygen atoms in total. The van der Waals surface area contributed by atoms with Crippen LogP contribution in [0.15, 0.2) is 25.3 Å². The van der Waals surface area contributed by atoms with Crippen molar-refractivity contribution in [1.82, 2.24) is 25.8 Å². The number of nitrogens with zero attached hydrogens (tertiary/aromatic N) is 2. The number of urea groups is 1. The molecular formula is C32H51N5O5. The van der Waals surface area contributed by atoms with Crippen LogP contribution in [0.4, 0.5) is 4.79 Å². The van der Waals surface area contributed by atoms with Gasteiger partial charge in [0.25, 0.3) is 5.91 Å². The molecule has 0 aromatic carbocycles. The summed E-state index contributed by atoms with van der Waals surface area (Å²) < 4.78 is 0. The van der Waals surface area contributed by atoms with Gasteiger partial charge in [0, 0.05) is 25.7 Å². The smallest absolute Gasteiger partial charge is 0.318 e. The van der Waals surface area contributed by atoms with Gasteiger partial charge in [-0.3, -0.25) is 19.2 Å². The molecule has 0 aromatic rings. The van der Waals surface area contributed by atoms with E-state index in [0.29, 0.717) is 13.0 Å². The van der Waals surface area contributed by atoms with E-state index in [2.05, 4.69) is 43.0 Å². The monoisotopic (exact) mass is 585 g/mol. The van der Waals surface area contributed by atoms with Gasteiger partial charge in [0.1, 0.15) is 12.1 Å². The maximum absolute atomic E-state index is 14.4. The number of rotatable bonds is 12. The number of fused-ring (bicyclic) bond motifs is 1. The standard InChI is InChI=1S/C32H51N5O5/c1-9-11-17-22(26(38)28(40)33-18-10-2)34-27(39)25-23-21(32(23,6)7)19-37(25)29(41)24(20-15-13-12-14-16-20)36(8)30(42)35-31(3,4)5/h9-10,20-25H,1-2,11-19H2,3-8H3,(H,33,40)(H,34,39)(H,35,42)/t21?,22-,23+,24+,25+/m1/s1. The average Bonchev–Trinajstić information content (AvgIpc) is 3.24.